The van der Waals surface area contributed by atoms with Crippen molar-refractivity contribution in [2.24, 2.45) is 11.8 Å². The average Bonchev–Trinajstić information content (AvgIpc) is 2.43. The van der Waals surface area contributed by atoms with Crippen LogP contribution in [0.1, 0.15) is 40.5 Å². The molecule has 2 amide bonds. The highest BCUT2D eigenvalue weighted by atomic mass is 16.7. The minimum atomic E-state index is -0.529. The van der Waals surface area contributed by atoms with E-state index < -0.39 is 5.60 Å². The number of amides is 2. The topological polar surface area (TPSA) is 59.1 Å². The molecule has 6 nitrogen and oxygen atoms in total. The SMILES string of the molecule is CCC1CC(C(=O)N(C)OC)CN(C(=O)OC(C)(C)C)C1. The molecular weight excluding hydrogens is 272 g/mol. The molecule has 1 aliphatic rings. The molecule has 1 saturated heterocycles. The minimum Gasteiger partial charge on any atom is -0.444 e. The van der Waals surface area contributed by atoms with Crippen molar-refractivity contribution < 1.29 is 19.2 Å². The Kier molecular flexibility index (Phi) is 6.01. The summed E-state index contributed by atoms with van der Waals surface area (Å²) in [5.41, 5.74) is -0.529. The first kappa shape index (κ1) is 17.8. The number of carbonyl (C=O) groups excluding carboxylic acids is 2. The van der Waals surface area contributed by atoms with E-state index in [1.165, 1.54) is 12.2 Å². The number of nitrogens with zero attached hydrogens (tertiary/aromatic N) is 2. The summed E-state index contributed by atoms with van der Waals surface area (Å²) in [5, 5.41) is 1.23. The maximum atomic E-state index is 12.3. The first-order valence-electron chi connectivity index (χ1n) is 7.47. The lowest BCUT2D eigenvalue weighted by Crippen LogP contribution is -2.50. The van der Waals surface area contributed by atoms with Crippen LogP contribution in [0.4, 0.5) is 4.79 Å². The van der Waals surface area contributed by atoms with E-state index in [0.29, 0.717) is 19.0 Å². The Bertz CT molecular complexity index is 378. The van der Waals surface area contributed by atoms with Crippen molar-refractivity contribution in [1.29, 1.82) is 0 Å². The van der Waals surface area contributed by atoms with Gasteiger partial charge in [-0.2, -0.15) is 0 Å². The number of rotatable bonds is 3. The van der Waals surface area contributed by atoms with E-state index in [1.54, 1.807) is 11.9 Å². The third kappa shape index (κ3) is 5.19. The Morgan fingerprint density at radius 3 is 2.38 bits per heavy atom. The van der Waals surface area contributed by atoms with E-state index in [4.69, 9.17) is 9.57 Å². The van der Waals surface area contributed by atoms with Crippen molar-refractivity contribution in [2.45, 2.75) is 46.1 Å². The van der Waals surface area contributed by atoms with Crippen LogP contribution in [-0.2, 0) is 14.4 Å². The van der Waals surface area contributed by atoms with E-state index in [0.717, 1.165) is 12.8 Å². The Balaban J connectivity index is 2.77. The Hall–Kier alpha value is -1.30. The van der Waals surface area contributed by atoms with Gasteiger partial charge < -0.3 is 9.64 Å². The summed E-state index contributed by atoms with van der Waals surface area (Å²) in [6, 6.07) is 0. The maximum absolute atomic E-state index is 12.3. The summed E-state index contributed by atoms with van der Waals surface area (Å²) >= 11 is 0. The molecule has 0 aromatic rings. The molecule has 2 atom stereocenters. The Morgan fingerprint density at radius 2 is 1.90 bits per heavy atom. The van der Waals surface area contributed by atoms with Crippen LogP contribution in [0.25, 0.3) is 0 Å². The van der Waals surface area contributed by atoms with E-state index in [9.17, 15) is 9.59 Å². The predicted molar refractivity (Wildman–Crippen MR) is 79.5 cm³/mol. The molecule has 0 spiro atoms. The molecule has 21 heavy (non-hydrogen) atoms. The van der Waals surface area contributed by atoms with Gasteiger partial charge in [0.1, 0.15) is 5.60 Å². The predicted octanol–water partition coefficient (Wildman–Crippen LogP) is 2.29. The second-order valence-electron chi connectivity index (χ2n) is 6.61. The number of hydrogen-bond acceptors (Lipinski definition) is 4. The highest BCUT2D eigenvalue weighted by molar-refractivity contribution is 5.79. The van der Waals surface area contributed by atoms with Gasteiger partial charge in [-0.15, -0.1) is 0 Å². The van der Waals surface area contributed by atoms with Gasteiger partial charge in [0.05, 0.1) is 13.0 Å². The molecular formula is C15H28N2O4. The number of hydrogen-bond donors (Lipinski definition) is 0. The van der Waals surface area contributed by atoms with Gasteiger partial charge in [0, 0.05) is 20.1 Å². The van der Waals surface area contributed by atoms with E-state index in [-0.39, 0.29) is 17.9 Å². The molecule has 0 N–H and O–H groups in total. The first-order chi connectivity index (χ1) is 9.67. The van der Waals surface area contributed by atoms with Crippen molar-refractivity contribution in [1.82, 2.24) is 9.96 Å². The fourth-order valence-corrected chi connectivity index (χ4v) is 2.50. The van der Waals surface area contributed by atoms with Gasteiger partial charge >= 0.3 is 6.09 Å². The molecule has 1 fully saturated rings. The van der Waals surface area contributed by atoms with Crippen LogP contribution >= 0.6 is 0 Å². The zero-order valence-electron chi connectivity index (χ0n) is 14.0. The summed E-state index contributed by atoms with van der Waals surface area (Å²) < 4.78 is 5.42. The second-order valence-corrected chi connectivity index (χ2v) is 6.61. The third-order valence-electron chi connectivity index (χ3n) is 3.70. The first-order valence-corrected chi connectivity index (χ1v) is 7.47. The van der Waals surface area contributed by atoms with Crippen LogP contribution in [0.2, 0.25) is 0 Å². The molecule has 6 heteroatoms. The zero-order chi connectivity index (χ0) is 16.2. The van der Waals surface area contributed by atoms with Gasteiger partial charge in [-0.3, -0.25) is 9.63 Å². The number of likely N-dealkylation sites (tertiary alicyclic amines) is 1. The minimum absolute atomic E-state index is 0.0933. The van der Waals surface area contributed by atoms with Crippen LogP contribution in [0.15, 0.2) is 0 Å². The summed E-state index contributed by atoms with van der Waals surface area (Å²) in [4.78, 5) is 31.1. The zero-order valence-corrected chi connectivity index (χ0v) is 14.0. The summed E-state index contributed by atoms with van der Waals surface area (Å²) in [6.45, 7) is 8.63. The monoisotopic (exact) mass is 300 g/mol. The van der Waals surface area contributed by atoms with Crippen molar-refractivity contribution in [2.75, 3.05) is 27.2 Å². The van der Waals surface area contributed by atoms with E-state index >= 15 is 0 Å². The maximum Gasteiger partial charge on any atom is 0.410 e. The van der Waals surface area contributed by atoms with Gasteiger partial charge in [0.15, 0.2) is 0 Å². The van der Waals surface area contributed by atoms with Crippen LogP contribution in [0.3, 0.4) is 0 Å². The average molecular weight is 300 g/mol. The lowest BCUT2D eigenvalue weighted by atomic mass is 9.87. The molecule has 1 aliphatic heterocycles. The number of ether oxygens (including phenoxy) is 1. The highest BCUT2D eigenvalue weighted by Gasteiger charge is 2.36. The van der Waals surface area contributed by atoms with Crippen molar-refractivity contribution in [3.8, 4) is 0 Å². The fraction of sp³-hybridized carbons (Fsp3) is 0.867. The van der Waals surface area contributed by atoms with Crippen LogP contribution in [-0.4, -0.2) is 54.8 Å². The number of hydroxylamine groups is 2. The Morgan fingerprint density at radius 1 is 1.29 bits per heavy atom. The molecule has 0 radical (unpaired) electrons. The van der Waals surface area contributed by atoms with E-state index in [2.05, 4.69) is 6.92 Å². The molecule has 1 heterocycles. The van der Waals surface area contributed by atoms with Crippen molar-refractivity contribution >= 4 is 12.0 Å². The highest BCUT2D eigenvalue weighted by Crippen LogP contribution is 2.27. The second kappa shape index (κ2) is 7.11. The molecule has 0 aromatic heterocycles. The standard InChI is InChI=1S/C15H28N2O4/c1-7-11-8-12(13(18)16(5)20-6)10-17(9-11)14(19)21-15(2,3)4/h11-12H,7-10H2,1-6H3. The van der Waals surface area contributed by atoms with Gasteiger partial charge in [-0.05, 0) is 33.1 Å². The fourth-order valence-electron chi connectivity index (χ4n) is 2.50. The molecule has 1 rings (SSSR count). The largest absolute Gasteiger partial charge is 0.444 e. The van der Waals surface area contributed by atoms with Crippen LogP contribution in [0.5, 0.6) is 0 Å². The number of piperidine rings is 1. The summed E-state index contributed by atoms with van der Waals surface area (Å²) in [5.74, 6) is -0.0177. The molecule has 0 saturated carbocycles. The van der Waals surface area contributed by atoms with Gasteiger partial charge in [-0.1, -0.05) is 13.3 Å². The van der Waals surface area contributed by atoms with Crippen molar-refractivity contribution in [3.05, 3.63) is 0 Å². The van der Waals surface area contributed by atoms with Gasteiger partial charge in [0.2, 0.25) is 0 Å². The number of carbonyl (C=O) groups is 2. The summed E-state index contributed by atoms with van der Waals surface area (Å²) in [6.07, 6.45) is 1.36. The summed E-state index contributed by atoms with van der Waals surface area (Å²) in [7, 11) is 3.05. The normalized spacial score (nSPS) is 22.9. The quantitative estimate of drug-likeness (QED) is 0.750. The lowest BCUT2D eigenvalue weighted by Gasteiger charge is -2.38. The Labute approximate surface area is 127 Å². The van der Waals surface area contributed by atoms with Crippen molar-refractivity contribution in [3.63, 3.8) is 0 Å². The smallest absolute Gasteiger partial charge is 0.410 e. The molecule has 0 bridgehead atoms. The molecule has 122 valence electrons. The van der Waals surface area contributed by atoms with Crippen LogP contribution < -0.4 is 0 Å². The van der Waals surface area contributed by atoms with Gasteiger partial charge in [0.25, 0.3) is 5.91 Å². The molecule has 0 aromatic carbocycles. The lowest BCUT2D eigenvalue weighted by molar-refractivity contribution is -0.175. The molecule has 0 aliphatic carbocycles. The van der Waals surface area contributed by atoms with E-state index in [1.807, 2.05) is 20.8 Å². The molecule has 2 unspecified atom stereocenters. The van der Waals surface area contributed by atoms with Gasteiger partial charge in [-0.25, -0.2) is 9.86 Å². The third-order valence-corrected chi connectivity index (χ3v) is 3.70. The van der Waals surface area contributed by atoms with Crippen LogP contribution in [0, 0.1) is 11.8 Å².